The highest BCUT2D eigenvalue weighted by atomic mass is 16.4. The highest BCUT2D eigenvalue weighted by Crippen LogP contribution is 2.19. The Bertz CT molecular complexity index is 1340. The third-order valence-corrected chi connectivity index (χ3v) is 6.94. The molecule has 41 heavy (non-hydrogen) atoms. The molecule has 1 aromatic heterocycles. The number of aromatic nitrogens is 1. The second-order valence-electron chi connectivity index (χ2n) is 11.2. The molecule has 0 saturated carbocycles. The number of H-pyrrole nitrogens is 1. The number of hydrogen-bond acceptors (Lipinski definition) is 5. The van der Waals surface area contributed by atoms with E-state index in [1.165, 1.54) is 0 Å². The van der Waals surface area contributed by atoms with Crippen molar-refractivity contribution in [3.05, 3.63) is 71.9 Å². The van der Waals surface area contributed by atoms with Crippen molar-refractivity contribution in [1.29, 1.82) is 0 Å². The Balaban J connectivity index is 1.84. The van der Waals surface area contributed by atoms with E-state index in [9.17, 15) is 24.3 Å². The smallest absolute Gasteiger partial charge is 0.326 e. The average molecular weight is 564 g/mol. The topological polar surface area (TPSA) is 166 Å². The van der Waals surface area contributed by atoms with Crippen LogP contribution in [0.4, 0.5) is 0 Å². The van der Waals surface area contributed by atoms with E-state index in [1.54, 1.807) is 20.0 Å². The largest absolute Gasteiger partial charge is 0.480 e. The number of carbonyl (C=O) groups excluding carboxylic acids is 3. The number of carbonyl (C=O) groups is 4. The number of para-hydroxylation sites is 1. The molecule has 7 N–H and O–H groups in total. The molecule has 3 rings (SSSR count). The Morgan fingerprint density at radius 1 is 0.805 bits per heavy atom. The van der Waals surface area contributed by atoms with Crippen LogP contribution in [0.5, 0.6) is 0 Å². The van der Waals surface area contributed by atoms with E-state index in [4.69, 9.17) is 5.73 Å². The first-order valence-corrected chi connectivity index (χ1v) is 13.9. The van der Waals surface area contributed by atoms with Gasteiger partial charge < -0.3 is 31.8 Å². The summed E-state index contributed by atoms with van der Waals surface area (Å²) in [6, 6.07) is 12.9. The van der Waals surface area contributed by atoms with Gasteiger partial charge in [0.15, 0.2) is 0 Å². The molecule has 0 saturated heterocycles. The molecule has 3 amide bonds. The van der Waals surface area contributed by atoms with Crippen molar-refractivity contribution in [1.82, 2.24) is 20.9 Å². The highest BCUT2D eigenvalue weighted by Gasteiger charge is 2.32. The number of carboxylic acid groups (broad SMARTS) is 1. The molecule has 10 nitrogen and oxygen atoms in total. The average Bonchev–Trinajstić information content (AvgIpc) is 3.33. The van der Waals surface area contributed by atoms with Gasteiger partial charge in [0, 0.05) is 23.5 Å². The number of nitrogens with one attached hydrogen (secondary N) is 4. The van der Waals surface area contributed by atoms with E-state index in [-0.39, 0.29) is 31.1 Å². The molecule has 1 heterocycles. The summed E-state index contributed by atoms with van der Waals surface area (Å²) in [4.78, 5) is 54.9. The molecular formula is C31H41N5O5. The maximum Gasteiger partial charge on any atom is 0.326 e. The van der Waals surface area contributed by atoms with E-state index < -0.39 is 47.9 Å². The van der Waals surface area contributed by atoms with Gasteiger partial charge in [-0.15, -0.1) is 0 Å². The van der Waals surface area contributed by atoms with Crippen molar-refractivity contribution in [2.75, 3.05) is 0 Å². The number of aliphatic carboxylic acids is 1. The first kappa shape index (κ1) is 31.3. The zero-order valence-electron chi connectivity index (χ0n) is 24.0. The van der Waals surface area contributed by atoms with E-state index >= 15 is 0 Å². The van der Waals surface area contributed by atoms with Crippen molar-refractivity contribution in [3.8, 4) is 0 Å². The number of fused-ring (bicyclic) bond motifs is 1. The summed E-state index contributed by atoms with van der Waals surface area (Å²) in [6.45, 7) is 7.19. The number of aromatic amines is 1. The summed E-state index contributed by atoms with van der Waals surface area (Å²) in [7, 11) is 0. The molecule has 220 valence electrons. The van der Waals surface area contributed by atoms with Crippen molar-refractivity contribution in [3.63, 3.8) is 0 Å². The molecule has 0 aliphatic carbocycles. The molecule has 4 atom stereocenters. The van der Waals surface area contributed by atoms with Gasteiger partial charge in [-0.1, -0.05) is 76.2 Å². The van der Waals surface area contributed by atoms with Gasteiger partial charge in [-0.25, -0.2) is 4.79 Å². The fourth-order valence-electron chi connectivity index (χ4n) is 4.71. The summed E-state index contributed by atoms with van der Waals surface area (Å²) in [5, 5.41) is 18.6. The maximum absolute atomic E-state index is 13.7. The second-order valence-corrected chi connectivity index (χ2v) is 11.2. The lowest BCUT2D eigenvalue weighted by Gasteiger charge is -2.27. The SMILES string of the molecule is CC(C)CC(NC(=O)C(Cc1c[nH]c2ccccc12)NC(=O)C(N)Cc1ccccc1)C(=O)NC(C(=O)O)C(C)C. The number of amides is 3. The number of carboxylic acids is 1. The first-order valence-electron chi connectivity index (χ1n) is 13.9. The van der Waals surface area contributed by atoms with Crippen molar-refractivity contribution in [2.45, 2.75) is 71.1 Å². The highest BCUT2D eigenvalue weighted by molar-refractivity contribution is 5.95. The summed E-state index contributed by atoms with van der Waals surface area (Å²) in [5.74, 6) is -3.13. The fourth-order valence-corrected chi connectivity index (χ4v) is 4.71. The third-order valence-electron chi connectivity index (χ3n) is 6.94. The number of hydrogen-bond donors (Lipinski definition) is 6. The normalized spacial score (nSPS) is 14.3. The van der Waals surface area contributed by atoms with Crippen LogP contribution in [0, 0.1) is 11.8 Å². The molecule has 0 aliphatic rings. The third kappa shape index (κ3) is 8.91. The minimum Gasteiger partial charge on any atom is -0.480 e. The maximum atomic E-state index is 13.7. The van der Waals surface area contributed by atoms with E-state index in [0.29, 0.717) is 0 Å². The molecular weight excluding hydrogens is 522 g/mol. The van der Waals surface area contributed by atoms with Crippen LogP contribution in [-0.4, -0.2) is 57.9 Å². The molecule has 4 unspecified atom stereocenters. The molecule has 10 heteroatoms. The van der Waals surface area contributed by atoms with Gasteiger partial charge in [0.05, 0.1) is 6.04 Å². The molecule has 0 bridgehead atoms. The van der Waals surface area contributed by atoms with Crippen LogP contribution >= 0.6 is 0 Å². The van der Waals surface area contributed by atoms with Gasteiger partial charge in [-0.05, 0) is 41.9 Å². The quantitative estimate of drug-likeness (QED) is 0.176. The Kier molecular flexibility index (Phi) is 11.0. The summed E-state index contributed by atoms with van der Waals surface area (Å²) >= 11 is 0. The molecule has 2 aromatic carbocycles. The predicted octanol–water partition coefficient (Wildman–Crippen LogP) is 2.52. The fraction of sp³-hybridized carbons (Fsp3) is 0.419. The van der Waals surface area contributed by atoms with E-state index in [2.05, 4.69) is 20.9 Å². The lowest BCUT2D eigenvalue weighted by molar-refractivity contribution is -0.143. The molecule has 0 radical (unpaired) electrons. The van der Waals surface area contributed by atoms with Crippen LogP contribution in [-0.2, 0) is 32.0 Å². The van der Waals surface area contributed by atoms with Crippen LogP contribution < -0.4 is 21.7 Å². The Hall–Kier alpha value is -4.18. The van der Waals surface area contributed by atoms with Gasteiger partial charge >= 0.3 is 5.97 Å². The zero-order valence-corrected chi connectivity index (χ0v) is 24.0. The summed E-state index contributed by atoms with van der Waals surface area (Å²) in [6.07, 6.45) is 2.51. The van der Waals surface area contributed by atoms with Gasteiger partial charge in [0.1, 0.15) is 18.1 Å². The van der Waals surface area contributed by atoms with Gasteiger partial charge in [0.2, 0.25) is 17.7 Å². The standard InChI is InChI=1S/C31H41N5O5/c1-18(2)14-25(30(39)36-27(19(3)4)31(40)41)35-29(38)26(16-21-17-33-24-13-9-8-12-22(21)24)34-28(37)23(32)15-20-10-6-5-7-11-20/h5-13,17-19,23,25-27,33H,14-16,32H2,1-4H3,(H,34,37)(H,35,38)(H,36,39)(H,40,41). The summed E-state index contributed by atoms with van der Waals surface area (Å²) < 4.78 is 0. The number of nitrogens with two attached hydrogens (primary N) is 1. The van der Waals surface area contributed by atoms with Crippen LogP contribution in [0.2, 0.25) is 0 Å². The second kappa shape index (κ2) is 14.5. The van der Waals surface area contributed by atoms with Gasteiger partial charge in [0.25, 0.3) is 0 Å². The van der Waals surface area contributed by atoms with Crippen LogP contribution in [0.1, 0.15) is 45.2 Å². The summed E-state index contributed by atoms with van der Waals surface area (Å²) in [5.41, 5.74) is 8.81. The molecule has 3 aromatic rings. The van der Waals surface area contributed by atoms with E-state index in [1.807, 2.05) is 68.4 Å². The van der Waals surface area contributed by atoms with Crippen LogP contribution in [0.25, 0.3) is 10.9 Å². The number of rotatable bonds is 14. The zero-order chi connectivity index (χ0) is 30.1. The number of benzene rings is 2. The lowest BCUT2D eigenvalue weighted by Crippen LogP contribution is -2.58. The molecule has 0 fully saturated rings. The van der Waals surface area contributed by atoms with Gasteiger partial charge in [-0.3, -0.25) is 14.4 Å². The Morgan fingerprint density at radius 3 is 2.05 bits per heavy atom. The van der Waals surface area contributed by atoms with Crippen molar-refractivity contribution < 1.29 is 24.3 Å². The van der Waals surface area contributed by atoms with Crippen LogP contribution in [0.3, 0.4) is 0 Å². The molecule has 0 aliphatic heterocycles. The van der Waals surface area contributed by atoms with Crippen molar-refractivity contribution in [2.24, 2.45) is 17.6 Å². The predicted molar refractivity (Wildman–Crippen MR) is 158 cm³/mol. The van der Waals surface area contributed by atoms with Crippen LogP contribution in [0.15, 0.2) is 60.8 Å². The molecule has 0 spiro atoms. The Labute approximate surface area is 240 Å². The Morgan fingerprint density at radius 2 is 1.41 bits per heavy atom. The lowest BCUT2D eigenvalue weighted by atomic mass is 9.99. The monoisotopic (exact) mass is 563 g/mol. The minimum absolute atomic E-state index is 0.0225. The van der Waals surface area contributed by atoms with Crippen molar-refractivity contribution >= 4 is 34.6 Å². The van der Waals surface area contributed by atoms with Gasteiger partial charge in [-0.2, -0.15) is 0 Å². The first-order chi connectivity index (χ1) is 19.5. The van der Waals surface area contributed by atoms with E-state index in [0.717, 1.165) is 22.0 Å². The minimum atomic E-state index is -1.15.